The summed E-state index contributed by atoms with van der Waals surface area (Å²) in [5.74, 6) is -0.424. The fourth-order valence-corrected chi connectivity index (χ4v) is 1.61. The van der Waals surface area contributed by atoms with E-state index in [1.54, 1.807) is 24.3 Å². The Hall–Kier alpha value is -2.14. The molecule has 0 unspecified atom stereocenters. The predicted molar refractivity (Wildman–Crippen MR) is 68.2 cm³/mol. The van der Waals surface area contributed by atoms with Crippen LogP contribution in [0.1, 0.15) is 10.4 Å². The number of esters is 1. The maximum atomic E-state index is 11.6. The Morgan fingerprint density at radius 1 is 1.33 bits per heavy atom. The third-order valence-electron chi connectivity index (χ3n) is 2.33. The van der Waals surface area contributed by atoms with E-state index in [-0.39, 0.29) is 11.5 Å². The average molecular weight is 264 g/mol. The molecule has 1 heterocycles. The molecule has 92 valence electrons. The van der Waals surface area contributed by atoms with Crippen molar-refractivity contribution in [2.24, 2.45) is 0 Å². The van der Waals surface area contributed by atoms with Gasteiger partial charge in [0.1, 0.15) is 5.56 Å². The molecule has 0 spiro atoms. The highest BCUT2D eigenvalue weighted by atomic mass is 35.5. The van der Waals surface area contributed by atoms with Crippen LogP contribution in [0.4, 0.5) is 5.95 Å². The van der Waals surface area contributed by atoms with Crippen molar-refractivity contribution in [3.05, 3.63) is 41.0 Å². The van der Waals surface area contributed by atoms with Crippen molar-refractivity contribution < 1.29 is 9.53 Å². The quantitative estimate of drug-likeness (QED) is 0.840. The Bertz CT molecular complexity index is 584. The minimum Gasteiger partial charge on any atom is -0.465 e. The zero-order valence-electron chi connectivity index (χ0n) is 9.55. The van der Waals surface area contributed by atoms with Crippen LogP contribution in [-0.2, 0) is 4.74 Å². The van der Waals surface area contributed by atoms with E-state index in [1.165, 1.54) is 13.3 Å². The third kappa shape index (κ3) is 2.41. The number of hydrogen-bond acceptors (Lipinski definition) is 5. The summed E-state index contributed by atoms with van der Waals surface area (Å²) in [6.07, 6.45) is 1.35. The number of benzene rings is 1. The number of hydrogen-bond donors (Lipinski definition) is 1. The van der Waals surface area contributed by atoms with Gasteiger partial charge in [0.15, 0.2) is 0 Å². The average Bonchev–Trinajstić information content (AvgIpc) is 2.38. The molecule has 6 heteroatoms. The van der Waals surface area contributed by atoms with Crippen molar-refractivity contribution in [1.82, 2.24) is 9.97 Å². The fraction of sp³-hybridized carbons (Fsp3) is 0.0833. The molecule has 0 saturated carbocycles. The summed E-state index contributed by atoms with van der Waals surface area (Å²) in [4.78, 5) is 19.5. The van der Waals surface area contributed by atoms with Crippen molar-refractivity contribution in [3.8, 4) is 11.3 Å². The van der Waals surface area contributed by atoms with Gasteiger partial charge >= 0.3 is 5.97 Å². The predicted octanol–water partition coefficient (Wildman–Crippen LogP) is 2.17. The number of halogens is 1. The molecule has 0 amide bonds. The Labute approximate surface area is 109 Å². The first-order valence-electron chi connectivity index (χ1n) is 5.08. The number of nitrogen functional groups attached to an aromatic ring is 1. The van der Waals surface area contributed by atoms with Crippen molar-refractivity contribution in [1.29, 1.82) is 0 Å². The minimum atomic E-state index is -0.514. The number of anilines is 1. The van der Waals surface area contributed by atoms with Gasteiger partial charge in [0.2, 0.25) is 5.95 Å². The lowest BCUT2D eigenvalue weighted by Crippen LogP contribution is -2.08. The lowest BCUT2D eigenvalue weighted by atomic mass is 10.1. The first kappa shape index (κ1) is 12.3. The summed E-state index contributed by atoms with van der Waals surface area (Å²) in [6.45, 7) is 0. The number of ether oxygens (including phenoxy) is 1. The van der Waals surface area contributed by atoms with Crippen LogP contribution in [0, 0.1) is 0 Å². The fourth-order valence-electron chi connectivity index (χ4n) is 1.48. The maximum absolute atomic E-state index is 11.6. The van der Waals surface area contributed by atoms with Crippen LogP contribution in [0.25, 0.3) is 11.3 Å². The lowest BCUT2D eigenvalue weighted by Gasteiger charge is -2.07. The van der Waals surface area contributed by atoms with Gasteiger partial charge in [-0.15, -0.1) is 0 Å². The van der Waals surface area contributed by atoms with Crippen molar-refractivity contribution in [2.45, 2.75) is 0 Å². The van der Waals surface area contributed by atoms with Gasteiger partial charge in [-0.2, -0.15) is 0 Å². The number of methoxy groups -OCH3 is 1. The molecule has 0 aliphatic rings. The Balaban J connectivity index is 2.57. The summed E-state index contributed by atoms with van der Waals surface area (Å²) >= 11 is 5.81. The third-order valence-corrected chi connectivity index (χ3v) is 2.58. The Kier molecular flexibility index (Phi) is 3.43. The molecular weight excluding hydrogens is 254 g/mol. The molecule has 2 aromatic rings. The highest BCUT2D eigenvalue weighted by molar-refractivity contribution is 6.30. The van der Waals surface area contributed by atoms with E-state index in [1.807, 2.05) is 0 Å². The van der Waals surface area contributed by atoms with Crippen LogP contribution in [0.5, 0.6) is 0 Å². The second kappa shape index (κ2) is 5.01. The van der Waals surface area contributed by atoms with E-state index < -0.39 is 5.97 Å². The zero-order valence-corrected chi connectivity index (χ0v) is 10.3. The van der Waals surface area contributed by atoms with Crippen LogP contribution in [0.3, 0.4) is 0 Å². The molecule has 2 N–H and O–H groups in total. The standard InChI is InChI=1S/C12H10ClN3O2/c1-18-11(17)9-6-15-12(14)16-10(9)7-2-4-8(13)5-3-7/h2-6H,1H3,(H2,14,15,16). The Morgan fingerprint density at radius 3 is 2.61 bits per heavy atom. The smallest absolute Gasteiger partial charge is 0.341 e. The van der Waals surface area contributed by atoms with Gasteiger partial charge in [-0.05, 0) is 12.1 Å². The van der Waals surface area contributed by atoms with E-state index in [9.17, 15) is 4.79 Å². The second-order valence-corrected chi connectivity index (χ2v) is 3.93. The van der Waals surface area contributed by atoms with Crippen molar-refractivity contribution in [2.75, 3.05) is 12.8 Å². The summed E-state index contributed by atoms with van der Waals surface area (Å²) in [5.41, 5.74) is 6.93. The number of carbonyl (C=O) groups is 1. The number of carbonyl (C=O) groups excluding carboxylic acids is 1. The number of nitrogens with zero attached hydrogens (tertiary/aromatic N) is 2. The lowest BCUT2D eigenvalue weighted by molar-refractivity contribution is 0.0601. The highest BCUT2D eigenvalue weighted by Gasteiger charge is 2.15. The number of aromatic nitrogens is 2. The molecule has 5 nitrogen and oxygen atoms in total. The summed E-state index contributed by atoms with van der Waals surface area (Å²) in [6, 6.07) is 6.90. The summed E-state index contributed by atoms with van der Waals surface area (Å²) < 4.78 is 4.68. The van der Waals surface area contributed by atoms with Crippen LogP contribution in [-0.4, -0.2) is 23.0 Å². The largest absolute Gasteiger partial charge is 0.465 e. The van der Waals surface area contributed by atoms with E-state index in [4.69, 9.17) is 17.3 Å². The van der Waals surface area contributed by atoms with Gasteiger partial charge in [0.25, 0.3) is 0 Å². The van der Waals surface area contributed by atoms with Crippen LogP contribution in [0.2, 0.25) is 5.02 Å². The summed E-state index contributed by atoms with van der Waals surface area (Å²) in [7, 11) is 1.30. The molecule has 0 aliphatic heterocycles. The zero-order chi connectivity index (χ0) is 13.1. The van der Waals surface area contributed by atoms with Gasteiger partial charge in [-0.1, -0.05) is 23.7 Å². The van der Waals surface area contributed by atoms with Crippen molar-refractivity contribution in [3.63, 3.8) is 0 Å². The van der Waals surface area contributed by atoms with Crippen LogP contribution < -0.4 is 5.73 Å². The molecular formula is C12H10ClN3O2. The van der Waals surface area contributed by atoms with Gasteiger partial charge in [0, 0.05) is 16.8 Å². The first-order valence-corrected chi connectivity index (χ1v) is 5.46. The molecule has 1 aromatic carbocycles. The molecule has 1 aromatic heterocycles. The van der Waals surface area contributed by atoms with Crippen LogP contribution >= 0.6 is 11.6 Å². The van der Waals surface area contributed by atoms with E-state index in [2.05, 4.69) is 14.7 Å². The van der Waals surface area contributed by atoms with Crippen molar-refractivity contribution >= 4 is 23.5 Å². The van der Waals surface area contributed by atoms with Gasteiger partial charge < -0.3 is 10.5 Å². The maximum Gasteiger partial charge on any atom is 0.341 e. The molecule has 2 rings (SSSR count). The molecule has 0 aliphatic carbocycles. The highest BCUT2D eigenvalue weighted by Crippen LogP contribution is 2.24. The molecule has 0 radical (unpaired) electrons. The Morgan fingerprint density at radius 2 is 2.00 bits per heavy atom. The van der Waals surface area contributed by atoms with Gasteiger partial charge in [-0.25, -0.2) is 14.8 Å². The minimum absolute atomic E-state index is 0.0904. The topological polar surface area (TPSA) is 78.1 Å². The molecule has 0 fully saturated rings. The van der Waals surface area contributed by atoms with Crippen LogP contribution in [0.15, 0.2) is 30.5 Å². The molecule has 18 heavy (non-hydrogen) atoms. The molecule has 0 atom stereocenters. The number of rotatable bonds is 2. The van der Waals surface area contributed by atoms with Gasteiger partial charge in [-0.3, -0.25) is 0 Å². The first-order chi connectivity index (χ1) is 8.61. The molecule has 0 bridgehead atoms. The van der Waals surface area contributed by atoms with E-state index in [0.29, 0.717) is 16.3 Å². The number of nitrogens with two attached hydrogens (primary N) is 1. The summed E-state index contributed by atoms with van der Waals surface area (Å²) in [5, 5.41) is 0.598. The van der Waals surface area contributed by atoms with E-state index >= 15 is 0 Å². The second-order valence-electron chi connectivity index (χ2n) is 3.49. The molecule has 0 saturated heterocycles. The SMILES string of the molecule is COC(=O)c1cnc(N)nc1-c1ccc(Cl)cc1. The normalized spacial score (nSPS) is 10.1. The monoisotopic (exact) mass is 263 g/mol. The van der Waals surface area contributed by atoms with Gasteiger partial charge in [0.05, 0.1) is 12.8 Å². The van der Waals surface area contributed by atoms with E-state index in [0.717, 1.165) is 0 Å².